The monoisotopic (exact) mass is 255 g/mol. The van der Waals surface area contributed by atoms with Crippen LogP contribution in [0.15, 0.2) is 4.52 Å². The Morgan fingerprint density at radius 1 is 1.33 bits per heavy atom. The lowest BCUT2D eigenvalue weighted by Gasteiger charge is -2.17. The van der Waals surface area contributed by atoms with Crippen LogP contribution in [0.2, 0.25) is 0 Å². The highest BCUT2D eigenvalue weighted by Gasteiger charge is 2.37. The van der Waals surface area contributed by atoms with Gasteiger partial charge in [-0.1, -0.05) is 0 Å². The normalized spacial score (nSPS) is 11.4. The molecule has 18 heavy (non-hydrogen) atoms. The summed E-state index contributed by atoms with van der Waals surface area (Å²) in [7, 11) is 0. The molecule has 0 unspecified atom stereocenters. The highest BCUT2D eigenvalue weighted by molar-refractivity contribution is 5.80. The van der Waals surface area contributed by atoms with Crippen LogP contribution >= 0.6 is 0 Å². The molecule has 1 aromatic heterocycles. The van der Waals surface area contributed by atoms with Crippen molar-refractivity contribution >= 4 is 11.9 Å². The molecule has 0 bridgehead atoms. The van der Waals surface area contributed by atoms with Crippen molar-refractivity contribution in [1.82, 2.24) is 10.1 Å². The topological polar surface area (TPSA) is 68.5 Å². The van der Waals surface area contributed by atoms with Gasteiger partial charge in [0.1, 0.15) is 5.41 Å². The fourth-order valence-electron chi connectivity index (χ4n) is 1.50. The maximum Gasteiger partial charge on any atom is 0.321 e. The Labute approximate surface area is 107 Å². The molecular weight excluding hydrogens is 234 g/mol. The number of esters is 1. The largest absolute Gasteiger partial charge is 0.465 e. The van der Waals surface area contributed by atoms with Gasteiger partial charge in [-0.2, -0.15) is 4.98 Å². The van der Waals surface area contributed by atoms with E-state index in [1.807, 2.05) is 18.7 Å². The first-order chi connectivity index (χ1) is 8.47. The van der Waals surface area contributed by atoms with Crippen molar-refractivity contribution in [2.45, 2.75) is 40.0 Å². The Kier molecular flexibility index (Phi) is 4.69. The van der Waals surface area contributed by atoms with Crippen molar-refractivity contribution in [2.24, 2.45) is 0 Å². The maximum atomic E-state index is 11.8. The van der Waals surface area contributed by atoms with Crippen molar-refractivity contribution in [2.75, 3.05) is 24.6 Å². The average Bonchev–Trinajstić information content (AvgIpc) is 2.81. The molecule has 6 nitrogen and oxygen atoms in total. The van der Waals surface area contributed by atoms with E-state index in [1.54, 1.807) is 20.8 Å². The first-order valence-electron chi connectivity index (χ1n) is 6.23. The van der Waals surface area contributed by atoms with Gasteiger partial charge in [0.25, 0.3) is 5.95 Å². The number of ether oxygens (including phenoxy) is 1. The van der Waals surface area contributed by atoms with E-state index in [0.29, 0.717) is 12.6 Å². The smallest absolute Gasteiger partial charge is 0.321 e. The van der Waals surface area contributed by atoms with Gasteiger partial charge in [-0.25, -0.2) is 0 Å². The van der Waals surface area contributed by atoms with Gasteiger partial charge < -0.3 is 14.2 Å². The Hall–Kier alpha value is -1.59. The van der Waals surface area contributed by atoms with Gasteiger partial charge in [-0.15, -0.1) is 0 Å². The molecule has 1 rings (SSSR count). The second-order valence-electron chi connectivity index (χ2n) is 4.42. The van der Waals surface area contributed by atoms with Crippen LogP contribution in [-0.4, -0.2) is 35.8 Å². The van der Waals surface area contributed by atoms with E-state index < -0.39 is 5.41 Å². The standard InChI is InChI=1S/C12H21N3O3/c1-6-15(7-2)11-13-9(18-14-11)12(4,5)10(16)17-8-3/h6-8H2,1-5H3. The number of carbonyl (C=O) groups excluding carboxylic acids is 1. The van der Waals surface area contributed by atoms with Crippen LogP contribution in [0.25, 0.3) is 0 Å². The highest BCUT2D eigenvalue weighted by atomic mass is 16.5. The van der Waals surface area contributed by atoms with Crippen molar-refractivity contribution in [1.29, 1.82) is 0 Å². The molecule has 1 heterocycles. The fourth-order valence-corrected chi connectivity index (χ4v) is 1.50. The third-order valence-corrected chi connectivity index (χ3v) is 2.78. The van der Waals surface area contributed by atoms with Gasteiger partial charge in [0.15, 0.2) is 0 Å². The van der Waals surface area contributed by atoms with E-state index in [0.717, 1.165) is 13.1 Å². The highest BCUT2D eigenvalue weighted by Crippen LogP contribution is 2.25. The summed E-state index contributed by atoms with van der Waals surface area (Å²) >= 11 is 0. The molecule has 0 N–H and O–H groups in total. The van der Waals surface area contributed by atoms with Gasteiger partial charge in [0.05, 0.1) is 6.61 Å². The van der Waals surface area contributed by atoms with E-state index in [2.05, 4.69) is 10.1 Å². The number of nitrogens with zero attached hydrogens (tertiary/aromatic N) is 3. The van der Waals surface area contributed by atoms with E-state index in [1.165, 1.54) is 0 Å². The molecule has 0 saturated carbocycles. The number of hydrogen-bond donors (Lipinski definition) is 0. The number of hydrogen-bond acceptors (Lipinski definition) is 6. The minimum atomic E-state index is -0.922. The molecular formula is C12H21N3O3. The zero-order valence-electron chi connectivity index (χ0n) is 11.7. The average molecular weight is 255 g/mol. The van der Waals surface area contributed by atoms with Crippen molar-refractivity contribution in [3.05, 3.63) is 5.89 Å². The summed E-state index contributed by atoms with van der Waals surface area (Å²) in [5, 5.41) is 3.90. The molecule has 0 fully saturated rings. The minimum absolute atomic E-state index is 0.280. The van der Waals surface area contributed by atoms with E-state index in [-0.39, 0.29) is 11.9 Å². The Morgan fingerprint density at radius 2 is 1.94 bits per heavy atom. The molecule has 0 saturated heterocycles. The second-order valence-corrected chi connectivity index (χ2v) is 4.42. The summed E-state index contributed by atoms with van der Waals surface area (Å²) < 4.78 is 10.2. The van der Waals surface area contributed by atoms with E-state index >= 15 is 0 Å². The predicted octanol–water partition coefficient (Wildman–Crippen LogP) is 1.76. The maximum absolute atomic E-state index is 11.8. The Balaban J connectivity index is 2.93. The molecule has 0 spiro atoms. The number of carbonyl (C=O) groups is 1. The minimum Gasteiger partial charge on any atom is -0.465 e. The molecule has 6 heteroatoms. The first-order valence-corrected chi connectivity index (χ1v) is 6.23. The number of aromatic nitrogens is 2. The van der Waals surface area contributed by atoms with Crippen LogP contribution in [0.1, 0.15) is 40.5 Å². The summed E-state index contributed by atoms with van der Waals surface area (Å²) in [6.07, 6.45) is 0. The van der Waals surface area contributed by atoms with E-state index in [4.69, 9.17) is 9.26 Å². The SMILES string of the molecule is CCOC(=O)C(C)(C)c1nc(N(CC)CC)no1. The van der Waals surface area contributed by atoms with Gasteiger partial charge >= 0.3 is 5.97 Å². The number of rotatable bonds is 6. The molecule has 0 aliphatic heterocycles. The lowest BCUT2D eigenvalue weighted by molar-refractivity contribution is -0.149. The van der Waals surface area contributed by atoms with Crippen molar-refractivity contribution < 1.29 is 14.1 Å². The van der Waals surface area contributed by atoms with Gasteiger partial charge in [0.2, 0.25) is 5.89 Å². The summed E-state index contributed by atoms with van der Waals surface area (Å²) in [4.78, 5) is 18.0. The third kappa shape index (κ3) is 2.80. The zero-order valence-corrected chi connectivity index (χ0v) is 11.7. The molecule has 0 amide bonds. The first kappa shape index (κ1) is 14.5. The molecule has 1 aromatic rings. The van der Waals surface area contributed by atoms with Crippen LogP contribution in [-0.2, 0) is 14.9 Å². The van der Waals surface area contributed by atoms with Crippen molar-refractivity contribution in [3.63, 3.8) is 0 Å². The molecule has 102 valence electrons. The van der Waals surface area contributed by atoms with Gasteiger partial charge in [-0.3, -0.25) is 4.79 Å². The molecule has 0 aliphatic rings. The van der Waals surface area contributed by atoms with Crippen LogP contribution < -0.4 is 4.90 Å². The van der Waals surface area contributed by atoms with Gasteiger partial charge in [0, 0.05) is 13.1 Å². The van der Waals surface area contributed by atoms with Crippen LogP contribution in [0.4, 0.5) is 5.95 Å². The zero-order chi connectivity index (χ0) is 13.8. The molecule has 0 atom stereocenters. The van der Waals surface area contributed by atoms with Crippen molar-refractivity contribution in [3.8, 4) is 0 Å². The predicted molar refractivity (Wildman–Crippen MR) is 67.5 cm³/mol. The van der Waals surface area contributed by atoms with E-state index in [9.17, 15) is 4.79 Å². The summed E-state index contributed by atoms with van der Waals surface area (Å²) in [5.74, 6) is 0.426. The Morgan fingerprint density at radius 3 is 2.44 bits per heavy atom. The summed E-state index contributed by atoms with van der Waals surface area (Å²) in [6.45, 7) is 11.1. The number of anilines is 1. The third-order valence-electron chi connectivity index (χ3n) is 2.78. The van der Waals surface area contributed by atoms with Crippen LogP contribution in [0, 0.1) is 0 Å². The fraction of sp³-hybridized carbons (Fsp3) is 0.750. The molecule has 0 aromatic carbocycles. The van der Waals surface area contributed by atoms with Crippen LogP contribution in [0.3, 0.4) is 0 Å². The van der Waals surface area contributed by atoms with Crippen LogP contribution in [0.5, 0.6) is 0 Å². The van der Waals surface area contributed by atoms with Gasteiger partial charge in [-0.05, 0) is 39.8 Å². The lowest BCUT2D eigenvalue weighted by atomic mass is 9.94. The Bertz CT molecular complexity index is 397. The molecule has 0 aliphatic carbocycles. The summed E-state index contributed by atoms with van der Waals surface area (Å²) in [5.41, 5.74) is -0.922. The summed E-state index contributed by atoms with van der Waals surface area (Å²) in [6, 6.07) is 0. The quantitative estimate of drug-likeness (QED) is 0.721. The lowest BCUT2D eigenvalue weighted by Crippen LogP contribution is -2.31. The molecule has 0 radical (unpaired) electrons. The second kappa shape index (κ2) is 5.84.